The summed E-state index contributed by atoms with van der Waals surface area (Å²) in [6, 6.07) is 6.03. The molecule has 0 aliphatic carbocycles. The maximum Gasteiger partial charge on any atom is 0.165 e. The van der Waals surface area contributed by atoms with Crippen LogP contribution in [-0.4, -0.2) is 17.4 Å². The van der Waals surface area contributed by atoms with Crippen LogP contribution in [-0.2, 0) is 18.0 Å². The molecule has 0 saturated carbocycles. The molecular formula is C14H16FNO4. The molecule has 108 valence electrons. The minimum absolute atomic E-state index is 0.0954. The lowest BCUT2D eigenvalue weighted by Crippen LogP contribution is -1.99. The largest absolute Gasteiger partial charge is 0.484 e. The van der Waals surface area contributed by atoms with Crippen molar-refractivity contribution in [3.05, 3.63) is 47.1 Å². The Morgan fingerprint density at radius 1 is 1.35 bits per heavy atom. The zero-order valence-corrected chi connectivity index (χ0v) is 11.3. The van der Waals surface area contributed by atoms with Crippen LogP contribution in [0.3, 0.4) is 0 Å². The van der Waals surface area contributed by atoms with Gasteiger partial charge in [0, 0.05) is 13.2 Å². The predicted octanol–water partition coefficient (Wildman–Crippen LogP) is 2.59. The monoisotopic (exact) mass is 281 g/mol. The number of hydrogen-bond acceptors (Lipinski definition) is 5. The Hall–Kier alpha value is -1.92. The van der Waals surface area contributed by atoms with Crippen molar-refractivity contribution < 1.29 is 23.5 Å². The highest BCUT2D eigenvalue weighted by Gasteiger charge is 2.10. The van der Waals surface area contributed by atoms with E-state index in [1.54, 1.807) is 26.2 Å². The van der Waals surface area contributed by atoms with Gasteiger partial charge in [0.2, 0.25) is 0 Å². The van der Waals surface area contributed by atoms with Gasteiger partial charge in [0.15, 0.2) is 17.3 Å². The molecule has 20 heavy (non-hydrogen) atoms. The average Bonchev–Trinajstić information content (AvgIpc) is 2.85. The summed E-state index contributed by atoms with van der Waals surface area (Å²) in [5.74, 6) is 0.158. The summed E-state index contributed by atoms with van der Waals surface area (Å²) in [6.45, 7) is 1.99. The van der Waals surface area contributed by atoms with E-state index >= 15 is 0 Å². The van der Waals surface area contributed by atoms with Gasteiger partial charge in [0.05, 0.1) is 6.10 Å². The normalized spacial score (nSPS) is 12.4. The van der Waals surface area contributed by atoms with Crippen LogP contribution >= 0.6 is 0 Å². The third kappa shape index (κ3) is 3.55. The predicted molar refractivity (Wildman–Crippen MR) is 68.6 cm³/mol. The third-order valence-electron chi connectivity index (χ3n) is 2.71. The second-order valence-corrected chi connectivity index (χ2v) is 4.37. The van der Waals surface area contributed by atoms with Gasteiger partial charge in [0.25, 0.3) is 0 Å². The maximum atomic E-state index is 13.7. The topological polar surface area (TPSA) is 64.7 Å². The number of methoxy groups -OCH3 is 1. The molecule has 0 amide bonds. The van der Waals surface area contributed by atoms with E-state index in [0.29, 0.717) is 23.6 Å². The number of hydrogen-bond donors (Lipinski definition) is 1. The van der Waals surface area contributed by atoms with Crippen molar-refractivity contribution in [2.24, 2.45) is 0 Å². The molecule has 2 aromatic rings. The van der Waals surface area contributed by atoms with E-state index in [0.717, 1.165) is 0 Å². The SMILES string of the molecule is COCc1cc(COc2ccc([C@@H](C)O)cc2F)no1. The molecular weight excluding hydrogens is 265 g/mol. The van der Waals surface area contributed by atoms with E-state index in [9.17, 15) is 9.50 Å². The van der Waals surface area contributed by atoms with Gasteiger partial charge in [0.1, 0.15) is 18.9 Å². The molecule has 1 heterocycles. The number of halogens is 1. The summed E-state index contributed by atoms with van der Waals surface area (Å²) in [5.41, 5.74) is 1.05. The van der Waals surface area contributed by atoms with Gasteiger partial charge in [-0.15, -0.1) is 0 Å². The maximum absolute atomic E-state index is 13.7. The fraction of sp³-hybridized carbons (Fsp3) is 0.357. The molecule has 0 saturated heterocycles. The van der Waals surface area contributed by atoms with Crippen LogP contribution in [0.25, 0.3) is 0 Å². The zero-order chi connectivity index (χ0) is 14.5. The number of benzene rings is 1. The van der Waals surface area contributed by atoms with Gasteiger partial charge in [-0.3, -0.25) is 0 Å². The van der Waals surface area contributed by atoms with Crippen molar-refractivity contribution in [2.45, 2.75) is 26.2 Å². The van der Waals surface area contributed by atoms with Crippen LogP contribution in [0.5, 0.6) is 5.75 Å². The van der Waals surface area contributed by atoms with Crippen molar-refractivity contribution in [2.75, 3.05) is 7.11 Å². The Morgan fingerprint density at radius 2 is 2.15 bits per heavy atom. The van der Waals surface area contributed by atoms with Crippen LogP contribution in [0.1, 0.15) is 30.0 Å². The van der Waals surface area contributed by atoms with E-state index in [1.165, 1.54) is 12.1 Å². The molecule has 0 spiro atoms. The summed E-state index contributed by atoms with van der Waals surface area (Å²) in [4.78, 5) is 0. The molecule has 1 aromatic carbocycles. The molecule has 2 rings (SSSR count). The summed E-state index contributed by atoms with van der Waals surface area (Å²) in [5, 5.41) is 13.1. The highest BCUT2D eigenvalue weighted by atomic mass is 19.1. The summed E-state index contributed by atoms with van der Waals surface area (Å²) < 4.78 is 29.0. The standard InChI is InChI=1S/C14H16FNO4/c1-9(17)10-3-4-14(13(15)5-10)19-7-11-6-12(8-18-2)20-16-11/h3-6,9,17H,7-8H2,1-2H3/t9-/m1/s1. The molecule has 1 aromatic heterocycles. The van der Waals surface area contributed by atoms with E-state index in [2.05, 4.69) is 5.16 Å². The molecule has 5 nitrogen and oxygen atoms in total. The number of nitrogens with zero attached hydrogens (tertiary/aromatic N) is 1. The number of rotatable bonds is 6. The highest BCUT2D eigenvalue weighted by molar-refractivity contribution is 5.30. The summed E-state index contributed by atoms with van der Waals surface area (Å²) in [7, 11) is 1.55. The molecule has 0 unspecified atom stereocenters. The Morgan fingerprint density at radius 3 is 2.80 bits per heavy atom. The lowest BCUT2D eigenvalue weighted by Gasteiger charge is -2.08. The molecule has 0 bridgehead atoms. The minimum Gasteiger partial charge on any atom is -0.484 e. The molecule has 0 aliphatic heterocycles. The molecule has 0 radical (unpaired) electrons. The Labute approximate surface area is 115 Å². The smallest absolute Gasteiger partial charge is 0.165 e. The van der Waals surface area contributed by atoms with Crippen molar-refractivity contribution in [1.82, 2.24) is 5.16 Å². The molecule has 0 fully saturated rings. The lowest BCUT2D eigenvalue weighted by molar-refractivity contribution is 0.155. The molecule has 1 N–H and O–H groups in total. The van der Waals surface area contributed by atoms with E-state index in [-0.39, 0.29) is 12.4 Å². The van der Waals surface area contributed by atoms with Crippen molar-refractivity contribution >= 4 is 0 Å². The van der Waals surface area contributed by atoms with Crippen LogP contribution in [0, 0.1) is 5.82 Å². The second kappa shape index (κ2) is 6.49. The Balaban J connectivity index is 1.99. The lowest BCUT2D eigenvalue weighted by atomic mass is 10.1. The van der Waals surface area contributed by atoms with Crippen LogP contribution in [0.15, 0.2) is 28.8 Å². The van der Waals surface area contributed by atoms with Crippen LogP contribution < -0.4 is 4.74 Å². The number of aliphatic hydroxyl groups is 1. The van der Waals surface area contributed by atoms with Gasteiger partial charge >= 0.3 is 0 Å². The first-order valence-corrected chi connectivity index (χ1v) is 6.14. The number of aliphatic hydroxyl groups excluding tert-OH is 1. The Kier molecular flexibility index (Phi) is 4.70. The number of aromatic nitrogens is 1. The quantitative estimate of drug-likeness (QED) is 0.881. The first-order chi connectivity index (χ1) is 9.60. The van der Waals surface area contributed by atoms with Crippen LogP contribution in [0.4, 0.5) is 4.39 Å². The van der Waals surface area contributed by atoms with Gasteiger partial charge < -0.3 is 19.1 Å². The average molecular weight is 281 g/mol. The molecule has 6 heteroatoms. The Bertz CT molecular complexity index is 568. The first kappa shape index (κ1) is 14.5. The van der Waals surface area contributed by atoms with Crippen molar-refractivity contribution in [3.63, 3.8) is 0 Å². The summed E-state index contributed by atoms with van der Waals surface area (Å²) in [6.07, 6.45) is -0.717. The van der Waals surface area contributed by atoms with E-state index < -0.39 is 11.9 Å². The van der Waals surface area contributed by atoms with Gasteiger partial charge in [-0.2, -0.15) is 0 Å². The zero-order valence-electron chi connectivity index (χ0n) is 11.3. The second-order valence-electron chi connectivity index (χ2n) is 4.37. The van der Waals surface area contributed by atoms with Gasteiger partial charge in [-0.05, 0) is 24.6 Å². The fourth-order valence-electron chi connectivity index (χ4n) is 1.68. The third-order valence-corrected chi connectivity index (χ3v) is 2.71. The molecule has 1 atom stereocenters. The highest BCUT2D eigenvalue weighted by Crippen LogP contribution is 2.22. The van der Waals surface area contributed by atoms with E-state index in [4.69, 9.17) is 14.0 Å². The van der Waals surface area contributed by atoms with Gasteiger partial charge in [-0.1, -0.05) is 11.2 Å². The summed E-state index contributed by atoms with van der Waals surface area (Å²) >= 11 is 0. The minimum atomic E-state index is -0.717. The first-order valence-electron chi connectivity index (χ1n) is 6.14. The van der Waals surface area contributed by atoms with E-state index in [1.807, 2.05) is 0 Å². The van der Waals surface area contributed by atoms with Gasteiger partial charge in [-0.25, -0.2) is 4.39 Å². The fourth-order valence-corrected chi connectivity index (χ4v) is 1.68. The van der Waals surface area contributed by atoms with Crippen molar-refractivity contribution in [3.8, 4) is 5.75 Å². The molecule has 0 aliphatic rings. The van der Waals surface area contributed by atoms with Crippen molar-refractivity contribution in [1.29, 1.82) is 0 Å². The number of ether oxygens (including phenoxy) is 2. The van der Waals surface area contributed by atoms with Crippen LogP contribution in [0.2, 0.25) is 0 Å².